The van der Waals surface area contributed by atoms with Gasteiger partial charge < -0.3 is 4.74 Å². The van der Waals surface area contributed by atoms with Gasteiger partial charge in [0, 0.05) is 0 Å². The molecule has 0 bridgehead atoms. The van der Waals surface area contributed by atoms with Crippen LogP contribution in [0.25, 0.3) is 0 Å². The summed E-state index contributed by atoms with van der Waals surface area (Å²) in [6, 6.07) is 0. The van der Waals surface area contributed by atoms with Crippen molar-refractivity contribution in [1.29, 1.82) is 0 Å². The van der Waals surface area contributed by atoms with Gasteiger partial charge in [0.05, 0.1) is 11.9 Å². The lowest BCUT2D eigenvalue weighted by Gasteiger charge is -2.41. The van der Waals surface area contributed by atoms with Gasteiger partial charge in [-0.25, -0.2) is 0 Å². The van der Waals surface area contributed by atoms with Gasteiger partial charge in [0.2, 0.25) is 0 Å². The summed E-state index contributed by atoms with van der Waals surface area (Å²) in [6.45, 7) is 8.17. The molecule has 1 heterocycles. The van der Waals surface area contributed by atoms with Crippen molar-refractivity contribution in [1.82, 2.24) is 0 Å². The van der Waals surface area contributed by atoms with E-state index in [0.29, 0.717) is 10.8 Å². The fourth-order valence-electron chi connectivity index (χ4n) is 2.85. The molecule has 2 rings (SSSR count). The molecule has 1 nitrogen and oxygen atoms in total. The summed E-state index contributed by atoms with van der Waals surface area (Å²) in [6.07, 6.45) is 6.74. The van der Waals surface area contributed by atoms with E-state index in [1.54, 1.807) is 0 Å². The normalized spacial score (nSPS) is 40.9. The van der Waals surface area contributed by atoms with Gasteiger partial charge in [-0.3, -0.25) is 0 Å². The predicted molar refractivity (Wildman–Crippen MR) is 63.3 cm³/mol. The Morgan fingerprint density at radius 3 is 2.29 bits per heavy atom. The van der Waals surface area contributed by atoms with Crippen molar-refractivity contribution in [3.63, 3.8) is 0 Å². The van der Waals surface area contributed by atoms with Gasteiger partial charge in [-0.1, -0.05) is 29.4 Å². The van der Waals surface area contributed by atoms with E-state index in [-0.39, 0.29) is 0 Å². The first kappa shape index (κ1) is 10.9. The van der Waals surface area contributed by atoms with Crippen LogP contribution in [0.15, 0.2) is 0 Å². The second kappa shape index (κ2) is 3.76. The van der Waals surface area contributed by atoms with Crippen LogP contribution in [0.2, 0.25) is 0 Å². The largest absolute Gasteiger partial charge is 0.370 e. The highest BCUT2D eigenvalue weighted by atomic mass is 31.1. The van der Waals surface area contributed by atoms with Crippen LogP contribution >= 0.6 is 8.58 Å². The highest BCUT2D eigenvalue weighted by molar-refractivity contribution is 7.40. The first-order valence-corrected chi connectivity index (χ1v) is 7.12. The fourth-order valence-corrected chi connectivity index (χ4v) is 4.35. The zero-order valence-corrected chi connectivity index (χ0v) is 10.7. The first-order chi connectivity index (χ1) is 6.52. The molecule has 1 spiro atoms. The summed E-state index contributed by atoms with van der Waals surface area (Å²) < 4.78 is 5.95. The van der Waals surface area contributed by atoms with Crippen molar-refractivity contribution < 1.29 is 4.74 Å². The minimum atomic E-state index is 0.349. The minimum Gasteiger partial charge on any atom is -0.370 e. The molecule has 2 fully saturated rings. The minimum absolute atomic E-state index is 0.349. The van der Waals surface area contributed by atoms with Gasteiger partial charge in [-0.05, 0) is 43.2 Å². The fraction of sp³-hybridized carbons (Fsp3) is 1.00. The van der Waals surface area contributed by atoms with Crippen molar-refractivity contribution in [2.24, 2.45) is 11.3 Å². The summed E-state index contributed by atoms with van der Waals surface area (Å²) in [5, 5.41) is 0.349. The summed E-state index contributed by atoms with van der Waals surface area (Å²) in [7, 11) is 1.08. The molecule has 1 saturated heterocycles. The van der Waals surface area contributed by atoms with Crippen LogP contribution in [-0.4, -0.2) is 18.1 Å². The quantitative estimate of drug-likeness (QED) is 0.559. The zero-order valence-electron chi connectivity index (χ0n) is 9.73. The van der Waals surface area contributed by atoms with Crippen LogP contribution < -0.4 is 0 Å². The predicted octanol–water partition coefficient (Wildman–Crippen LogP) is 3.63. The van der Waals surface area contributed by atoms with Crippen LogP contribution in [-0.2, 0) is 4.74 Å². The van der Waals surface area contributed by atoms with Gasteiger partial charge in [-0.15, -0.1) is 0 Å². The van der Waals surface area contributed by atoms with Crippen LogP contribution in [0.3, 0.4) is 0 Å². The zero-order chi connectivity index (χ0) is 10.2. The average Bonchev–Trinajstić information content (AvgIpc) is 2.53. The van der Waals surface area contributed by atoms with Gasteiger partial charge in [0.15, 0.2) is 0 Å². The van der Waals surface area contributed by atoms with E-state index >= 15 is 0 Å². The monoisotopic (exact) mass is 214 g/mol. The SMILES string of the molecule is CC(C)(C)C1CCC2(CC1)OCCP2. The molecule has 14 heavy (non-hydrogen) atoms. The van der Waals surface area contributed by atoms with Crippen molar-refractivity contribution in [3.05, 3.63) is 0 Å². The van der Waals surface area contributed by atoms with Gasteiger partial charge >= 0.3 is 0 Å². The molecule has 0 N–H and O–H groups in total. The Morgan fingerprint density at radius 1 is 1.21 bits per heavy atom. The second-order valence-electron chi connectivity index (χ2n) is 5.91. The summed E-state index contributed by atoms with van der Waals surface area (Å²) in [5.74, 6) is 0.919. The van der Waals surface area contributed by atoms with Crippen molar-refractivity contribution in [2.75, 3.05) is 12.8 Å². The van der Waals surface area contributed by atoms with Crippen molar-refractivity contribution in [3.8, 4) is 0 Å². The first-order valence-electron chi connectivity index (χ1n) is 5.91. The summed E-state index contributed by atoms with van der Waals surface area (Å²) in [4.78, 5) is 0. The summed E-state index contributed by atoms with van der Waals surface area (Å²) in [5.41, 5.74) is 0.503. The Balaban J connectivity index is 1.92. The standard InChI is InChI=1S/C12H23OP/c1-11(2,3)10-4-6-12(7-5-10)13-8-9-14-12/h10,14H,4-9H2,1-3H3. The molecule has 0 aromatic rings. The molecule has 1 aliphatic heterocycles. The molecule has 82 valence electrons. The van der Waals surface area contributed by atoms with Crippen LogP contribution in [0.1, 0.15) is 46.5 Å². The maximum absolute atomic E-state index is 5.95. The Kier molecular flexibility index (Phi) is 2.92. The van der Waals surface area contributed by atoms with E-state index in [1.165, 1.54) is 31.8 Å². The molecule has 0 aromatic heterocycles. The smallest absolute Gasteiger partial charge is 0.0842 e. The topological polar surface area (TPSA) is 9.23 Å². The van der Waals surface area contributed by atoms with Crippen LogP contribution in [0.4, 0.5) is 0 Å². The molecule has 1 saturated carbocycles. The number of rotatable bonds is 0. The molecule has 0 radical (unpaired) electrons. The Bertz CT molecular complexity index is 191. The molecular formula is C12H23OP. The highest BCUT2D eigenvalue weighted by Crippen LogP contribution is 2.52. The van der Waals surface area contributed by atoms with Crippen LogP contribution in [0, 0.1) is 11.3 Å². The van der Waals surface area contributed by atoms with E-state index in [1.807, 2.05) is 0 Å². The van der Waals surface area contributed by atoms with Gasteiger partial charge in [-0.2, -0.15) is 0 Å². The maximum atomic E-state index is 5.95. The van der Waals surface area contributed by atoms with E-state index < -0.39 is 0 Å². The van der Waals surface area contributed by atoms with E-state index in [0.717, 1.165) is 21.1 Å². The number of hydrogen-bond acceptors (Lipinski definition) is 1. The summed E-state index contributed by atoms with van der Waals surface area (Å²) >= 11 is 0. The maximum Gasteiger partial charge on any atom is 0.0842 e. The number of hydrogen-bond donors (Lipinski definition) is 0. The lowest BCUT2D eigenvalue weighted by molar-refractivity contribution is -0.00392. The Hall–Kier alpha value is 0.390. The molecular weight excluding hydrogens is 191 g/mol. The van der Waals surface area contributed by atoms with Gasteiger partial charge in [0.25, 0.3) is 0 Å². The molecule has 2 aliphatic rings. The van der Waals surface area contributed by atoms with Crippen molar-refractivity contribution >= 4 is 8.58 Å². The third kappa shape index (κ3) is 2.14. The van der Waals surface area contributed by atoms with Gasteiger partial charge in [0.1, 0.15) is 0 Å². The molecule has 0 aromatic carbocycles. The van der Waals surface area contributed by atoms with E-state index in [4.69, 9.17) is 4.74 Å². The van der Waals surface area contributed by atoms with E-state index in [9.17, 15) is 0 Å². The van der Waals surface area contributed by atoms with Crippen molar-refractivity contribution in [2.45, 2.75) is 51.8 Å². The molecule has 0 amide bonds. The molecule has 1 aliphatic carbocycles. The lowest BCUT2D eigenvalue weighted by atomic mass is 9.71. The lowest BCUT2D eigenvalue weighted by Crippen LogP contribution is -2.34. The Labute approximate surface area is 89.8 Å². The highest BCUT2D eigenvalue weighted by Gasteiger charge is 2.41. The second-order valence-corrected chi connectivity index (χ2v) is 7.67. The third-order valence-electron chi connectivity index (χ3n) is 3.95. The molecule has 1 unspecified atom stereocenters. The van der Waals surface area contributed by atoms with E-state index in [2.05, 4.69) is 20.8 Å². The number of ether oxygens (including phenoxy) is 1. The average molecular weight is 214 g/mol. The molecule has 1 atom stereocenters. The van der Waals surface area contributed by atoms with Crippen LogP contribution in [0.5, 0.6) is 0 Å². The molecule has 2 heteroatoms. The third-order valence-corrected chi connectivity index (χ3v) is 5.69. The Morgan fingerprint density at radius 2 is 1.86 bits per heavy atom.